The standard InChI is InChI=1S/C24H42S/c1-3-5-6-7-8-9-10-11-12-13-14-15-16-19-22(4-2)23-20-17-18-21-24(23)25/h17-18,20-22,25H,3-16,19H2,1-2H3. The Labute approximate surface area is 163 Å². The molecule has 0 heterocycles. The number of unbranched alkanes of at least 4 members (excludes halogenated alkanes) is 12. The normalized spacial score (nSPS) is 12.4. The van der Waals surface area contributed by atoms with E-state index in [0.717, 1.165) is 0 Å². The molecule has 0 aliphatic heterocycles. The Bertz CT molecular complexity index is 412. The van der Waals surface area contributed by atoms with Gasteiger partial charge in [0.2, 0.25) is 0 Å². The molecule has 0 amide bonds. The van der Waals surface area contributed by atoms with Crippen molar-refractivity contribution in [2.24, 2.45) is 0 Å². The highest BCUT2D eigenvalue weighted by Crippen LogP contribution is 2.30. The molecule has 1 atom stereocenters. The number of thiol groups is 1. The maximum absolute atomic E-state index is 4.63. The van der Waals surface area contributed by atoms with Gasteiger partial charge in [-0.15, -0.1) is 12.6 Å². The van der Waals surface area contributed by atoms with Gasteiger partial charge in [0.25, 0.3) is 0 Å². The lowest BCUT2D eigenvalue weighted by Gasteiger charge is -2.17. The highest BCUT2D eigenvalue weighted by molar-refractivity contribution is 7.80. The van der Waals surface area contributed by atoms with Crippen molar-refractivity contribution >= 4 is 12.6 Å². The second-order valence-corrected chi connectivity index (χ2v) is 8.18. The molecule has 25 heavy (non-hydrogen) atoms. The van der Waals surface area contributed by atoms with E-state index in [1.165, 1.54) is 107 Å². The van der Waals surface area contributed by atoms with Gasteiger partial charge in [0.15, 0.2) is 0 Å². The van der Waals surface area contributed by atoms with Gasteiger partial charge in [-0.1, -0.05) is 116 Å². The summed E-state index contributed by atoms with van der Waals surface area (Å²) in [4.78, 5) is 1.17. The molecule has 0 nitrogen and oxygen atoms in total. The van der Waals surface area contributed by atoms with E-state index in [1.54, 1.807) is 0 Å². The quantitative estimate of drug-likeness (QED) is 0.220. The van der Waals surface area contributed by atoms with Gasteiger partial charge in [0.05, 0.1) is 0 Å². The molecule has 0 aliphatic rings. The second-order valence-electron chi connectivity index (χ2n) is 7.70. The SMILES string of the molecule is CCCCCCCCCCCCCCCC(CC)c1ccccc1S. The molecule has 1 aromatic rings. The van der Waals surface area contributed by atoms with Crippen molar-refractivity contribution in [3.63, 3.8) is 0 Å². The maximum Gasteiger partial charge on any atom is 0.00748 e. The molecule has 0 bridgehead atoms. The third kappa shape index (κ3) is 11.0. The third-order valence-electron chi connectivity index (χ3n) is 5.53. The van der Waals surface area contributed by atoms with Crippen LogP contribution in [0.1, 0.15) is 122 Å². The van der Waals surface area contributed by atoms with Crippen molar-refractivity contribution in [3.05, 3.63) is 29.8 Å². The number of rotatable bonds is 16. The Hall–Kier alpha value is -0.430. The average molecular weight is 363 g/mol. The van der Waals surface area contributed by atoms with Gasteiger partial charge in [0, 0.05) is 4.90 Å². The van der Waals surface area contributed by atoms with Crippen LogP contribution >= 0.6 is 12.6 Å². The molecule has 0 saturated carbocycles. The van der Waals surface area contributed by atoms with E-state index < -0.39 is 0 Å². The van der Waals surface area contributed by atoms with Gasteiger partial charge in [-0.3, -0.25) is 0 Å². The average Bonchev–Trinajstić information content (AvgIpc) is 2.63. The van der Waals surface area contributed by atoms with Crippen LogP contribution in [-0.2, 0) is 0 Å². The van der Waals surface area contributed by atoms with E-state index in [0.29, 0.717) is 5.92 Å². The summed E-state index contributed by atoms with van der Waals surface area (Å²) >= 11 is 4.63. The molecule has 1 heteroatoms. The van der Waals surface area contributed by atoms with E-state index in [2.05, 4.69) is 50.7 Å². The van der Waals surface area contributed by atoms with Crippen LogP contribution in [0.15, 0.2) is 29.2 Å². The Morgan fingerprint density at radius 2 is 1.16 bits per heavy atom. The van der Waals surface area contributed by atoms with E-state index in [1.807, 2.05) is 0 Å². The molecule has 0 aliphatic carbocycles. The van der Waals surface area contributed by atoms with Crippen LogP contribution in [0.25, 0.3) is 0 Å². The summed E-state index contributed by atoms with van der Waals surface area (Å²) in [6.45, 7) is 4.61. The molecule has 0 N–H and O–H groups in total. The molecule has 144 valence electrons. The first-order valence-electron chi connectivity index (χ1n) is 11.1. The molecule has 0 saturated heterocycles. The summed E-state index contributed by atoms with van der Waals surface area (Å²) < 4.78 is 0. The van der Waals surface area contributed by atoms with Gasteiger partial charge < -0.3 is 0 Å². The summed E-state index contributed by atoms with van der Waals surface area (Å²) in [6.07, 6.45) is 21.2. The largest absolute Gasteiger partial charge is 0.143 e. The van der Waals surface area contributed by atoms with E-state index in [4.69, 9.17) is 0 Å². The zero-order valence-electron chi connectivity index (χ0n) is 16.9. The van der Waals surface area contributed by atoms with E-state index in [-0.39, 0.29) is 0 Å². The lowest BCUT2D eigenvalue weighted by Crippen LogP contribution is -1.99. The van der Waals surface area contributed by atoms with Crippen LogP contribution in [0.5, 0.6) is 0 Å². The molecule has 1 rings (SSSR count). The first-order valence-corrected chi connectivity index (χ1v) is 11.5. The fourth-order valence-corrected chi connectivity index (χ4v) is 4.16. The molecule has 1 aromatic carbocycles. The zero-order valence-corrected chi connectivity index (χ0v) is 17.8. The number of hydrogen-bond acceptors (Lipinski definition) is 1. The van der Waals surface area contributed by atoms with Crippen LogP contribution in [0.3, 0.4) is 0 Å². The zero-order chi connectivity index (χ0) is 18.2. The predicted octanol–water partition coefficient (Wildman–Crippen LogP) is 8.95. The highest BCUT2D eigenvalue weighted by atomic mass is 32.1. The molecular weight excluding hydrogens is 320 g/mol. The highest BCUT2D eigenvalue weighted by Gasteiger charge is 2.11. The summed E-state index contributed by atoms with van der Waals surface area (Å²) in [5, 5.41) is 0. The molecule has 1 unspecified atom stereocenters. The fourth-order valence-electron chi connectivity index (χ4n) is 3.82. The summed E-state index contributed by atoms with van der Waals surface area (Å²) in [5.74, 6) is 0.696. The summed E-state index contributed by atoms with van der Waals surface area (Å²) in [7, 11) is 0. The van der Waals surface area contributed by atoms with Gasteiger partial charge in [-0.2, -0.15) is 0 Å². The van der Waals surface area contributed by atoms with Gasteiger partial charge in [-0.05, 0) is 30.4 Å². The van der Waals surface area contributed by atoms with Crippen LogP contribution in [-0.4, -0.2) is 0 Å². The van der Waals surface area contributed by atoms with Crippen molar-refractivity contribution in [1.29, 1.82) is 0 Å². The van der Waals surface area contributed by atoms with Gasteiger partial charge in [0.1, 0.15) is 0 Å². The minimum atomic E-state index is 0.696. The van der Waals surface area contributed by atoms with Crippen molar-refractivity contribution < 1.29 is 0 Å². The fraction of sp³-hybridized carbons (Fsp3) is 0.750. The van der Waals surface area contributed by atoms with Gasteiger partial charge in [-0.25, -0.2) is 0 Å². The lowest BCUT2D eigenvalue weighted by atomic mass is 9.90. The molecular formula is C24H42S. The second kappa shape index (κ2) is 15.8. The minimum absolute atomic E-state index is 0.696. The van der Waals surface area contributed by atoms with Crippen molar-refractivity contribution in [2.45, 2.75) is 121 Å². The molecule has 0 spiro atoms. The van der Waals surface area contributed by atoms with Crippen LogP contribution < -0.4 is 0 Å². The molecule has 0 aromatic heterocycles. The summed E-state index contributed by atoms with van der Waals surface area (Å²) in [5.41, 5.74) is 1.45. The molecule has 0 radical (unpaired) electrons. The monoisotopic (exact) mass is 362 g/mol. The first kappa shape index (κ1) is 22.6. The first-order chi connectivity index (χ1) is 12.3. The summed E-state index contributed by atoms with van der Waals surface area (Å²) in [6, 6.07) is 8.63. The van der Waals surface area contributed by atoms with Crippen LogP contribution in [0, 0.1) is 0 Å². The number of benzene rings is 1. The third-order valence-corrected chi connectivity index (χ3v) is 5.93. The minimum Gasteiger partial charge on any atom is -0.143 e. The molecule has 0 fully saturated rings. The van der Waals surface area contributed by atoms with E-state index in [9.17, 15) is 0 Å². The van der Waals surface area contributed by atoms with Gasteiger partial charge >= 0.3 is 0 Å². The smallest absolute Gasteiger partial charge is 0.00748 e. The Kier molecular flexibility index (Phi) is 14.3. The Morgan fingerprint density at radius 1 is 0.680 bits per heavy atom. The van der Waals surface area contributed by atoms with Crippen molar-refractivity contribution in [2.75, 3.05) is 0 Å². The van der Waals surface area contributed by atoms with Crippen LogP contribution in [0.4, 0.5) is 0 Å². The van der Waals surface area contributed by atoms with E-state index >= 15 is 0 Å². The topological polar surface area (TPSA) is 0 Å². The Morgan fingerprint density at radius 3 is 1.64 bits per heavy atom. The number of hydrogen-bond donors (Lipinski definition) is 1. The predicted molar refractivity (Wildman–Crippen MR) is 117 cm³/mol. The maximum atomic E-state index is 4.63. The lowest BCUT2D eigenvalue weighted by molar-refractivity contribution is 0.511. The van der Waals surface area contributed by atoms with Crippen molar-refractivity contribution in [3.8, 4) is 0 Å². The van der Waals surface area contributed by atoms with Crippen LogP contribution in [0.2, 0.25) is 0 Å². The van der Waals surface area contributed by atoms with Crippen molar-refractivity contribution in [1.82, 2.24) is 0 Å². The Balaban J connectivity index is 1.95.